The van der Waals surface area contributed by atoms with Crippen molar-refractivity contribution in [3.8, 4) is 5.75 Å². The number of nitrogens with zero attached hydrogens (tertiary/aromatic N) is 6. The molecule has 4 heterocycles. The molecular formula is C32H34N6O. The van der Waals surface area contributed by atoms with Gasteiger partial charge in [0.1, 0.15) is 5.75 Å². The first-order valence-electron chi connectivity index (χ1n) is 13.4. The molecule has 0 aliphatic carbocycles. The lowest BCUT2D eigenvalue weighted by atomic mass is 10.1. The van der Waals surface area contributed by atoms with Crippen molar-refractivity contribution < 1.29 is 5.11 Å². The van der Waals surface area contributed by atoms with Gasteiger partial charge in [0.2, 0.25) is 0 Å². The molecule has 198 valence electrons. The fourth-order valence-electron chi connectivity index (χ4n) is 4.83. The van der Waals surface area contributed by atoms with E-state index in [1.54, 1.807) is 0 Å². The Hall–Kier alpha value is -4.20. The van der Waals surface area contributed by atoms with Crippen LogP contribution in [0.25, 0.3) is 0 Å². The lowest BCUT2D eigenvalue weighted by molar-refractivity contribution is 0.241. The van der Waals surface area contributed by atoms with Gasteiger partial charge in [-0.15, -0.1) is 0 Å². The van der Waals surface area contributed by atoms with Gasteiger partial charge in [-0.25, -0.2) is 0 Å². The zero-order chi connectivity index (χ0) is 26.7. The molecule has 7 heteroatoms. The van der Waals surface area contributed by atoms with Crippen LogP contribution in [0.15, 0.2) is 108 Å². The molecule has 0 amide bonds. The van der Waals surface area contributed by atoms with E-state index in [2.05, 4.69) is 41.9 Å². The molecule has 7 nitrogen and oxygen atoms in total. The Morgan fingerprint density at radius 3 is 1.54 bits per heavy atom. The predicted molar refractivity (Wildman–Crippen MR) is 154 cm³/mol. The van der Waals surface area contributed by atoms with E-state index in [4.69, 9.17) is 0 Å². The van der Waals surface area contributed by atoms with Crippen LogP contribution in [0.5, 0.6) is 5.75 Å². The van der Waals surface area contributed by atoms with Gasteiger partial charge in [-0.2, -0.15) is 0 Å². The normalized spacial score (nSPS) is 13.1. The zero-order valence-electron chi connectivity index (χ0n) is 22.1. The van der Waals surface area contributed by atoms with Crippen molar-refractivity contribution in [1.82, 2.24) is 24.8 Å². The fourth-order valence-corrected chi connectivity index (χ4v) is 4.83. The number of rotatable bonds is 12. The highest BCUT2D eigenvalue weighted by molar-refractivity contribution is 5.60. The maximum absolute atomic E-state index is 10.7. The molecule has 0 radical (unpaired) electrons. The van der Waals surface area contributed by atoms with Crippen molar-refractivity contribution in [2.75, 3.05) is 6.54 Å². The van der Waals surface area contributed by atoms with Crippen LogP contribution in [0.4, 0.5) is 0 Å². The highest BCUT2D eigenvalue weighted by Crippen LogP contribution is 2.22. The molecule has 4 aromatic rings. The standard InChI is InChI=1S/C32H34N6O/c39-32-18-26(20-37(22-28-9-1-5-13-33-28)23-29-10-2-6-14-34-29)17-27(19-32)21-38(24-30-11-3-7-15-35-30)25-31-12-4-8-16-36-31/h1-3,5-7,9-19,39H,4,8,20-25H2. The van der Waals surface area contributed by atoms with Crippen molar-refractivity contribution in [1.29, 1.82) is 0 Å². The SMILES string of the molecule is Oc1cc(CN(CC2=CCCC=N2)Cc2ccccn2)cc(CN(Cc2ccccn2)Cc2ccccn2)c1. The predicted octanol–water partition coefficient (Wildman–Crippen LogP) is 5.53. The largest absolute Gasteiger partial charge is 0.508 e. The second-order valence-electron chi connectivity index (χ2n) is 9.85. The Balaban J connectivity index is 1.35. The minimum atomic E-state index is 0.269. The topological polar surface area (TPSA) is 77.7 Å². The van der Waals surface area contributed by atoms with Gasteiger partial charge in [-0.1, -0.05) is 30.3 Å². The van der Waals surface area contributed by atoms with Crippen LogP contribution in [0.3, 0.4) is 0 Å². The molecule has 1 aliphatic rings. The van der Waals surface area contributed by atoms with Crippen molar-refractivity contribution in [2.45, 2.75) is 45.6 Å². The van der Waals surface area contributed by atoms with Crippen LogP contribution in [0.2, 0.25) is 0 Å². The summed E-state index contributed by atoms with van der Waals surface area (Å²) in [5, 5.41) is 10.7. The van der Waals surface area contributed by atoms with Gasteiger partial charge in [-0.05, 0) is 72.5 Å². The van der Waals surface area contributed by atoms with Crippen LogP contribution >= 0.6 is 0 Å². The number of benzene rings is 1. The number of hydrogen-bond donors (Lipinski definition) is 1. The zero-order valence-corrected chi connectivity index (χ0v) is 22.1. The number of aromatic hydroxyl groups is 1. The molecular weight excluding hydrogens is 484 g/mol. The third-order valence-electron chi connectivity index (χ3n) is 6.50. The summed E-state index contributed by atoms with van der Waals surface area (Å²) in [5.74, 6) is 0.269. The highest BCUT2D eigenvalue weighted by Gasteiger charge is 2.15. The second-order valence-corrected chi connectivity index (χ2v) is 9.85. The van der Waals surface area contributed by atoms with E-state index in [0.29, 0.717) is 32.7 Å². The van der Waals surface area contributed by atoms with Gasteiger partial charge in [0.25, 0.3) is 0 Å². The van der Waals surface area contributed by atoms with Crippen LogP contribution in [-0.4, -0.2) is 42.6 Å². The quantitative estimate of drug-likeness (QED) is 0.266. The number of allylic oxidation sites excluding steroid dienone is 1. The summed E-state index contributed by atoms with van der Waals surface area (Å²) in [6, 6.07) is 23.9. The summed E-state index contributed by atoms with van der Waals surface area (Å²) >= 11 is 0. The molecule has 0 spiro atoms. The minimum absolute atomic E-state index is 0.269. The first kappa shape index (κ1) is 26.4. The number of aromatic nitrogens is 3. The monoisotopic (exact) mass is 518 g/mol. The lowest BCUT2D eigenvalue weighted by Gasteiger charge is -2.25. The number of phenols is 1. The summed E-state index contributed by atoms with van der Waals surface area (Å²) in [7, 11) is 0. The van der Waals surface area contributed by atoms with Crippen LogP contribution in [0.1, 0.15) is 41.1 Å². The Labute approximate surface area is 230 Å². The Morgan fingerprint density at radius 2 is 1.10 bits per heavy atom. The van der Waals surface area contributed by atoms with E-state index < -0.39 is 0 Å². The Bertz CT molecular complexity index is 1330. The summed E-state index contributed by atoms with van der Waals surface area (Å²) in [6.07, 6.45) is 11.7. The van der Waals surface area contributed by atoms with E-state index in [1.165, 1.54) is 0 Å². The number of pyridine rings is 3. The van der Waals surface area contributed by atoms with E-state index in [-0.39, 0.29) is 5.75 Å². The number of hydrogen-bond acceptors (Lipinski definition) is 7. The molecule has 0 saturated carbocycles. The molecule has 0 unspecified atom stereocenters. The van der Waals surface area contributed by atoms with Gasteiger partial charge in [0.05, 0.1) is 22.8 Å². The van der Waals surface area contributed by atoms with Gasteiger partial charge in [-0.3, -0.25) is 29.7 Å². The molecule has 1 aromatic carbocycles. The summed E-state index contributed by atoms with van der Waals surface area (Å²) < 4.78 is 0. The summed E-state index contributed by atoms with van der Waals surface area (Å²) in [6.45, 7) is 4.12. The van der Waals surface area contributed by atoms with E-state index in [1.807, 2.05) is 91.5 Å². The number of phenolic OH excluding ortho intramolecular Hbond substituents is 1. The van der Waals surface area contributed by atoms with Gasteiger partial charge < -0.3 is 5.11 Å². The second kappa shape index (κ2) is 13.6. The summed E-state index contributed by atoms with van der Waals surface area (Å²) in [4.78, 5) is 22.8. The van der Waals surface area contributed by atoms with Crippen molar-refractivity contribution in [3.63, 3.8) is 0 Å². The van der Waals surface area contributed by atoms with Gasteiger partial charge in [0, 0.05) is 64.1 Å². The Morgan fingerprint density at radius 1 is 0.590 bits per heavy atom. The molecule has 1 N–H and O–H groups in total. The third kappa shape index (κ3) is 8.40. The average Bonchev–Trinajstić information content (AvgIpc) is 2.95. The molecule has 5 rings (SSSR count). The molecule has 1 aliphatic heterocycles. The van der Waals surface area contributed by atoms with Gasteiger partial charge in [0.15, 0.2) is 0 Å². The van der Waals surface area contributed by atoms with Crippen LogP contribution in [0, 0.1) is 0 Å². The Kier molecular flexibility index (Phi) is 9.18. The highest BCUT2D eigenvalue weighted by atomic mass is 16.3. The molecule has 39 heavy (non-hydrogen) atoms. The summed E-state index contributed by atoms with van der Waals surface area (Å²) in [5.41, 5.74) is 6.18. The molecule has 0 fully saturated rings. The maximum Gasteiger partial charge on any atom is 0.116 e. The van der Waals surface area contributed by atoms with Crippen LogP contribution in [-0.2, 0) is 32.7 Å². The first-order chi connectivity index (χ1) is 19.2. The smallest absolute Gasteiger partial charge is 0.116 e. The molecule has 0 saturated heterocycles. The lowest BCUT2D eigenvalue weighted by Crippen LogP contribution is -2.26. The average molecular weight is 519 g/mol. The van der Waals surface area contributed by atoms with E-state index in [9.17, 15) is 5.11 Å². The fraction of sp³-hybridized carbons (Fsp3) is 0.250. The van der Waals surface area contributed by atoms with Crippen molar-refractivity contribution in [3.05, 3.63) is 131 Å². The molecule has 0 atom stereocenters. The molecule has 0 bridgehead atoms. The number of aliphatic imine (C=N–C) groups is 1. The third-order valence-corrected chi connectivity index (χ3v) is 6.50. The van der Waals surface area contributed by atoms with Gasteiger partial charge >= 0.3 is 0 Å². The van der Waals surface area contributed by atoms with Crippen LogP contribution < -0.4 is 0 Å². The first-order valence-corrected chi connectivity index (χ1v) is 13.4. The van der Waals surface area contributed by atoms with Crippen molar-refractivity contribution in [2.24, 2.45) is 4.99 Å². The van der Waals surface area contributed by atoms with E-state index >= 15 is 0 Å². The minimum Gasteiger partial charge on any atom is -0.508 e. The van der Waals surface area contributed by atoms with Crippen molar-refractivity contribution >= 4 is 6.21 Å². The molecule has 3 aromatic heterocycles. The maximum atomic E-state index is 10.7. The van der Waals surface area contributed by atoms with E-state index in [0.717, 1.165) is 53.3 Å².